The topological polar surface area (TPSA) is 55.8 Å². The molecule has 3 rings (SSSR count). The van der Waals surface area contributed by atoms with E-state index in [2.05, 4.69) is 19.9 Å². The maximum Gasteiger partial charge on any atom is 0.313 e. The third kappa shape index (κ3) is 3.48. The van der Waals surface area contributed by atoms with E-state index in [0.29, 0.717) is 6.61 Å². The molecule has 0 aromatic heterocycles. The molecule has 4 heteroatoms. The molecule has 0 atom stereocenters. The Bertz CT molecular complexity index is 788. The van der Waals surface area contributed by atoms with Crippen LogP contribution in [-0.4, -0.2) is 16.7 Å². The lowest BCUT2D eigenvalue weighted by atomic mass is 9.85. The Morgan fingerprint density at radius 3 is 2.52 bits per heavy atom. The molecule has 0 spiro atoms. The second kappa shape index (κ2) is 6.10. The monoisotopic (exact) mass is 340 g/mol. The molecule has 1 aliphatic rings. The Balaban J connectivity index is 1.72. The Morgan fingerprint density at radius 1 is 1.20 bits per heavy atom. The van der Waals surface area contributed by atoms with Crippen molar-refractivity contribution in [1.29, 1.82) is 0 Å². The molecule has 132 valence electrons. The zero-order chi connectivity index (χ0) is 18.2. The van der Waals surface area contributed by atoms with E-state index in [-0.39, 0.29) is 5.60 Å². The van der Waals surface area contributed by atoms with Crippen molar-refractivity contribution < 1.29 is 19.4 Å². The Kier molecular flexibility index (Phi) is 4.23. The fourth-order valence-corrected chi connectivity index (χ4v) is 3.05. The molecule has 4 nitrogen and oxygen atoms in total. The van der Waals surface area contributed by atoms with E-state index in [1.165, 1.54) is 5.56 Å². The molecule has 0 fully saturated rings. The van der Waals surface area contributed by atoms with Gasteiger partial charge in [-0.2, -0.15) is 0 Å². The summed E-state index contributed by atoms with van der Waals surface area (Å²) in [6.45, 7) is 8.02. The van der Waals surface area contributed by atoms with Gasteiger partial charge in [0.05, 0.1) is 5.41 Å². The average molecular weight is 340 g/mol. The number of hydrogen-bond donors (Lipinski definition) is 1. The predicted molar refractivity (Wildman–Crippen MR) is 96.3 cm³/mol. The van der Waals surface area contributed by atoms with Crippen LogP contribution in [0.15, 0.2) is 42.5 Å². The van der Waals surface area contributed by atoms with Crippen molar-refractivity contribution in [3.05, 3.63) is 59.2 Å². The van der Waals surface area contributed by atoms with Gasteiger partial charge in [0.15, 0.2) is 0 Å². The first-order valence-electron chi connectivity index (χ1n) is 8.45. The summed E-state index contributed by atoms with van der Waals surface area (Å²) in [6, 6.07) is 13.3. The first-order valence-corrected chi connectivity index (χ1v) is 8.45. The maximum absolute atomic E-state index is 11.3. The summed E-state index contributed by atoms with van der Waals surface area (Å²) in [5.41, 5.74) is 1.99. The molecule has 2 aromatic carbocycles. The van der Waals surface area contributed by atoms with Gasteiger partial charge in [-0.1, -0.05) is 24.3 Å². The molecule has 0 unspecified atom stereocenters. The highest BCUT2D eigenvalue weighted by atomic mass is 16.5. The first-order chi connectivity index (χ1) is 11.7. The quantitative estimate of drug-likeness (QED) is 0.879. The lowest BCUT2D eigenvalue weighted by molar-refractivity contribution is -0.142. The van der Waals surface area contributed by atoms with E-state index in [0.717, 1.165) is 29.0 Å². The van der Waals surface area contributed by atoms with Crippen molar-refractivity contribution >= 4 is 5.97 Å². The summed E-state index contributed by atoms with van der Waals surface area (Å²) in [5.74, 6) is 0.814. The van der Waals surface area contributed by atoms with Crippen LogP contribution in [0.1, 0.15) is 44.4 Å². The number of carbonyl (C=O) groups is 1. The van der Waals surface area contributed by atoms with Gasteiger partial charge in [-0.25, -0.2) is 0 Å². The van der Waals surface area contributed by atoms with Gasteiger partial charge in [0.25, 0.3) is 0 Å². The van der Waals surface area contributed by atoms with Crippen molar-refractivity contribution in [3.63, 3.8) is 0 Å². The summed E-state index contributed by atoms with van der Waals surface area (Å²) in [4.78, 5) is 11.3. The van der Waals surface area contributed by atoms with E-state index < -0.39 is 11.4 Å². The molecule has 0 amide bonds. The highest BCUT2D eigenvalue weighted by Crippen LogP contribution is 2.37. The van der Waals surface area contributed by atoms with Crippen molar-refractivity contribution in [2.45, 2.75) is 51.7 Å². The Hall–Kier alpha value is -2.49. The van der Waals surface area contributed by atoms with Crippen molar-refractivity contribution in [2.24, 2.45) is 0 Å². The van der Waals surface area contributed by atoms with Gasteiger partial charge in [-0.05, 0) is 57.0 Å². The second-order valence-corrected chi connectivity index (χ2v) is 7.68. The zero-order valence-electron chi connectivity index (χ0n) is 15.1. The molecule has 0 saturated carbocycles. The van der Waals surface area contributed by atoms with Crippen LogP contribution in [0.5, 0.6) is 11.5 Å². The van der Waals surface area contributed by atoms with Crippen LogP contribution in [0.4, 0.5) is 0 Å². The fraction of sp³-hybridized carbons (Fsp3) is 0.381. The highest BCUT2D eigenvalue weighted by molar-refractivity contribution is 5.80. The predicted octanol–water partition coefficient (Wildman–Crippen LogP) is 4.34. The van der Waals surface area contributed by atoms with Gasteiger partial charge >= 0.3 is 5.97 Å². The van der Waals surface area contributed by atoms with Gasteiger partial charge in [-0.3, -0.25) is 4.79 Å². The van der Waals surface area contributed by atoms with Crippen LogP contribution in [0, 0.1) is 0 Å². The molecule has 1 heterocycles. The molecular formula is C21H24O4. The van der Waals surface area contributed by atoms with Crippen molar-refractivity contribution in [2.75, 3.05) is 0 Å². The highest BCUT2D eigenvalue weighted by Gasteiger charge is 2.32. The van der Waals surface area contributed by atoms with Crippen LogP contribution in [0.3, 0.4) is 0 Å². The maximum atomic E-state index is 11.3. The number of carboxylic acid groups (broad SMARTS) is 1. The summed E-state index contributed by atoms with van der Waals surface area (Å²) < 4.78 is 11.9. The van der Waals surface area contributed by atoms with E-state index in [1.54, 1.807) is 13.8 Å². The van der Waals surface area contributed by atoms with Gasteiger partial charge < -0.3 is 14.6 Å². The summed E-state index contributed by atoms with van der Waals surface area (Å²) in [6.07, 6.45) is 0.869. The third-order valence-corrected chi connectivity index (χ3v) is 4.72. The molecular weight excluding hydrogens is 316 g/mol. The molecule has 0 radical (unpaired) electrons. The van der Waals surface area contributed by atoms with E-state index in [9.17, 15) is 9.90 Å². The minimum Gasteiger partial charge on any atom is -0.489 e. The second-order valence-electron chi connectivity index (χ2n) is 7.68. The van der Waals surface area contributed by atoms with Crippen LogP contribution in [0.2, 0.25) is 0 Å². The van der Waals surface area contributed by atoms with Crippen molar-refractivity contribution in [3.8, 4) is 11.5 Å². The molecule has 1 N–H and O–H groups in total. The number of carboxylic acids is 1. The number of rotatable bonds is 5. The smallest absolute Gasteiger partial charge is 0.313 e. The molecule has 1 aliphatic heterocycles. The molecule has 2 aromatic rings. The van der Waals surface area contributed by atoms with Crippen LogP contribution in [0.25, 0.3) is 0 Å². The fourth-order valence-electron chi connectivity index (χ4n) is 3.05. The molecule has 0 saturated heterocycles. The summed E-state index contributed by atoms with van der Waals surface area (Å²) in [5, 5.41) is 9.30. The normalized spacial score (nSPS) is 15.4. The number of hydrogen-bond acceptors (Lipinski definition) is 3. The Morgan fingerprint density at radius 2 is 1.88 bits per heavy atom. The number of benzene rings is 2. The molecule has 25 heavy (non-hydrogen) atoms. The lowest BCUT2D eigenvalue weighted by Crippen LogP contribution is -2.28. The third-order valence-electron chi connectivity index (χ3n) is 4.72. The van der Waals surface area contributed by atoms with Crippen LogP contribution >= 0.6 is 0 Å². The average Bonchev–Trinajstić information content (AvgIpc) is 2.87. The van der Waals surface area contributed by atoms with Gasteiger partial charge in [0.1, 0.15) is 23.7 Å². The minimum atomic E-state index is -0.915. The van der Waals surface area contributed by atoms with Crippen molar-refractivity contribution in [1.82, 2.24) is 0 Å². The van der Waals surface area contributed by atoms with Crippen LogP contribution < -0.4 is 9.47 Å². The Labute approximate surface area is 148 Å². The van der Waals surface area contributed by atoms with Gasteiger partial charge in [0.2, 0.25) is 0 Å². The number of fused-ring (bicyclic) bond motifs is 1. The molecule has 0 aliphatic carbocycles. The van der Waals surface area contributed by atoms with Crippen LogP contribution in [-0.2, 0) is 23.2 Å². The molecule has 0 bridgehead atoms. The van der Waals surface area contributed by atoms with E-state index in [4.69, 9.17) is 9.47 Å². The van der Waals surface area contributed by atoms with Gasteiger partial charge in [-0.15, -0.1) is 0 Å². The number of aliphatic carboxylic acids is 1. The van der Waals surface area contributed by atoms with E-state index >= 15 is 0 Å². The summed E-state index contributed by atoms with van der Waals surface area (Å²) >= 11 is 0. The largest absolute Gasteiger partial charge is 0.489 e. The lowest BCUT2D eigenvalue weighted by Gasteiger charge is -2.20. The van der Waals surface area contributed by atoms with E-state index in [1.807, 2.05) is 36.4 Å². The zero-order valence-corrected chi connectivity index (χ0v) is 15.1. The first kappa shape index (κ1) is 17.3. The minimum absolute atomic E-state index is 0.178. The summed E-state index contributed by atoms with van der Waals surface area (Å²) in [7, 11) is 0. The SMILES string of the molecule is CC1(C)Cc2c(COc3ccc(C(C)(C)C(=O)O)cc3)cccc2O1. The standard InChI is InChI=1S/C21H24O4/c1-20(2)12-17-14(6-5-7-18(17)25-20)13-24-16-10-8-15(9-11-16)21(3,4)19(22)23/h5-11H,12-13H2,1-4H3,(H,22,23). The van der Waals surface area contributed by atoms with Gasteiger partial charge in [0, 0.05) is 12.0 Å². The number of ether oxygens (including phenoxy) is 2.